The zero-order chi connectivity index (χ0) is 26.8. The molecule has 194 valence electrons. The Bertz CT molecular complexity index is 1560. The number of benzene rings is 4. The minimum atomic E-state index is 0.0666. The molecule has 2 heterocycles. The number of carbonyl (C=O) groups is 1. The Hall–Kier alpha value is -3.99. The summed E-state index contributed by atoms with van der Waals surface area (Å²) in [4.78, 5) is 23.6. The van der Waals surface area contributed by atoms with Crippen LogP contribution in [0, 0.1) is 6.92 Å². The van der Waals surface area contributed by atoms with Gasteiger partial charge in [-0.15, -0.1) is 0 Å². The van der Waals surface area contributed by atoms with Crippen LogP contribution >= 0.6 is 11.6 Å². The quantitative estimate of drug-likeness (QED) is 0.237. The normalized spacial score (nSPS) is 14.2. The molecular formula is C34H30ClN3O. The first-order chi connectivity index (χ1) is 19.1. The average Bonchev–Trinajstić information content (AvgIpc) is 2.99. The van der Waals surface area contributed by atoms with Gasteiger partial charge in [0.2, 0.25) is 0 Å². The predicted molar refractivity (Wildman–Crippen MR) is 159 cm³/mol. The molecule has 0 radical (unpaired) electrons. The van der Waals surface area contributed by atoms with E-state index >= 15 is 0 Å². The Morgan fingerprint density at radius 2 is 1.31 bits per heavy atom. The summed E-state index contributed by atoms with van der Waals surface area (Å²) in [6, 6.07) is 37.0. The number of pyridine rings is 1. The minimum absolute atomic E-state index is 0.0666. The molecule has 6 rings (SSSR count). The second-order valence-corrected chi connectivity index (χ2v) is 10.5. The lowest BCUT2D eigenvalue weighted by molar-refractivity contribution is 0.0598. The fourth-order valence-corrected chi connectivity index (χ4v) is 5.82. The van der Waals surface area contributed by atoms with Crippen molar-refractivity contribution in [2.75, 3.05) is 26.2 Å². The maximum atomic E-state index is 14.1. The maximum absolute atomic E-state index is 14.1. The highest BCUT2D eigenvalue weighted by atomic mass is 35.5. The number of carbonyl (C=O) groups excluding carboxylic acids is 1. The van der Waals surface area contributed by atoms with Crippen molar-refractivity contribution in [3.05, 3.63) is 136 Å². The van der Waals surface area contributed by atoms with Crippen molar-refractivity contribution in [2.45, 2.75) is 13.0 Å². The summed E-state index contributed by atoms with van der Waals surface area (Å²) in [6.45, 7) is 4.94. The van der Waals surface area contributed by atoms with Gasteiger partial charge in [0.1, 0.15) is 0 Å². The molecule has 0 aliphatic carbocycles. The highest BCUT2D eigenvalue weighted by Gasteiger charge is 2.30. The highest BCUT2D eigenvalue weighted by molar-refractivity contribution is 6.30. The largest absolute Gasteiger partial charge is 0.336 e. The van der Waals surface area contributed by atoms with Gasteiger partial charge in [-0.25, -0.2) is 4.98 Å². The van der Waals surface area contributed by atoms with E-state index in [1.807, 2.05) is 60.4 Å². The van der Waals surface area contributed by atoms with E-state index in [1.165, 1.54) is 11.1 Å². The van der Waals surface area contributed by atoms with Crippen molar-refractivity contribution in [2.24, 2.45) is 0 Å². The summed E-state index contributed by atoms with van der Waals surface area (Å²) >= 11 is 6.14. The molecule has 1 aromatic heterocycles. The van der Waals surface area contributed by atoms with Gasteiger partial charge in [-0.3, -0.25) is 9.69 Å². The lowest BCUT2D eigenvalue weighted by atomic mass is 9.95. The number of fused-ring (bicyclic) bond motifs is 1. The molecule has 0 unspecified atom stereocenters. The number of aromatic nitrogens is 1. The monoisotopic (exact) mass is 531 g/mol. The molecule has 1 aliphatic heterocycles. The molecule has 4 aromatic carbocycles. The van der Waals surface area contributed by atoms with Gasteiger partial charge in [0, 0.05) is 42.2 Å². The zero-order valence-electron chi connectivity index (χ0n) is 21.9. The molecule has 4 nitrogen and oxygen atoms in total. The third-order valence-electron chi connectivity index (χ3n) is 7.66. The molecule has 0 saturated carbocycles. The summed E-state index contributed by atoms with van der Waals surface area (Å²) in [7, 11) is 0. The third-order valence-corrected chi connectivity index (χ3v) is 7.92. The molecule has 0 bridgehead atoms. The number of hydrogen-bond donors (Lipinski definition) is 0. The first-order valence-electron chi connectivity index (χ1n) is 13.4. The van der Waals surface area contributed by atoms with Crippen molar-refractivity contribution in [1.82, 2.24) is 14.8 Å². The Balaban J connectivity index is 1.31. The number of rotatable bonds is 5. The first-order valence-corrected chi connectivity index (χ1v) is 13.8. The summed E-state index contributed by atoms with van der Waals surface area (Å²) in [5, 5.41) is 1.57. The summed E-state index contributed by atoms with van der Waals surface area (Å²) < 4.78 is 0. The van der Waals surface area contributed by atoms with E-state index in [0.29, 0.717) is 18.1 Å². The summed E-state index contributed by atoms with van der Waals surface area (Å²) in [6.07, 6.45) is 0. The van der Waals surface area contributed by atoms with Crippen LogP contribution in [0.3, 0.4) is 0 Å². The number of hydrogen-bond acceptors (Lipinski definition) is 3. The van der Waals surface area contributed by atoms with Crippen LogP contribution < -0.4 is 0 Å². The number of piperazine rings is 1. The van der Waals surface area contributed by atoms with E-state index in [9.17, 15) is 4.79 Å². The topological polar surface area (TPSA) is 36.4 Å². The zero-order valence-corrected chi connectivity index (χ0v) is 22.7. The van der Waals surface area contributed by atoms with Crippen molar-refractivity contribution >= 4 is 28.4 Å². The molecule has 1 aliphatic rings. The van der Waals surface area contributed by atoms with Crippen molar-refractivity contribution in [3.8, 4) is 11.3 Å². The van der Waals surface area contributed by atoms with Gasteiger partial charge in [-0.2, -0.15) is 0 Å². The van der Waals surface area contributed by atoms with Gasteiger partial charge in [0.05, 0.1) is 22.8 Å². The summed E-state index contributed by atoms with van der Waals surface area (Å²) in [5.41, 5.74) is 6.77. The van der Waals surface area contributed by atoms with Gasteiger partial charge in [-0.05, 0) is 41.8 Å². The Morgan fingerprint density at radius 3 is 1.92 bits per heavy atom. The maximum Gasteiger partial charge on any atom is 0.254 e. The Morgan fingerprint density at radius 1 is 0.744 bits per heavy atom. The van der Waals surface area contributed by atoms with Gasteiger partial charge in [0.15, 0.2) is 0 Å². The molecule has 0 atom stereocenters. The second kappa shape index (κ2) is 11.0. The molecule has 5 heteroatoms. The molecule has 0 spiro atoms. The molecule has 1 fully saturated rings. The predicted octanol–water partition coefficient (Wildman–Crippen LogP) is 7.41. The van der Waals surface area contributed by atoms with E-state index < -0.39 is 0 Å². The van der Waals surface area contributed by atoms with Gasteiger partial charge >= 0.3 is 0 Å². The lowest BCUT2D eigenvalue weighted by Crippen LogP contribution is -2.50. The smallest absolute Gasteiger partial charge is 0.254 e. The second-order valence-electron chi connectivity index (χ2n) is 10.0. The van der Waals surface area contributed by atoms with Crippen LogP contribution in [0.1, 0.15) is 33.1 Å². The van der Waals surface area contributed by atoms with Crippen molar-refractivity contribution < 1.29 is 4.79 Å². The van der Waals surface area contributed by atoms with Gasteiger partial charge in [0.25, 0.3) is 5.91 Å². The molecule has 1 saturated heterocycles. The third kappa shape index (κ3) is 5.06. The number of para-hydroxylation sites is 1. The van der Waals surface area contributed by atoms with E-state index in [2.05, 4.69) is 65.6 Å². The Kier molecular flexibility index (Phi) is 7.14. The lowest BCUT2D eigenvalue weighted by Gasteiger charge is -2.40. The van der Waals surface area contributed by atoms with Crippen LogP contribution in [-0.4, -0.2) is 46.9 Å². The van der Waals surface area contributed by atoms with Crippen LogP contribution in [0.4, 0.5) is 0 Å². The minimum Gasteiger partial charge on any atom is -0.336 e. The standard InChI is InChI=1S/C34H30ClN3O/c1-24-31(29-14-8-9-15-30(29)36-32(24)25-16-18-28(35)19-17-25)34(39)38-22-20-37(21-23-38)33(26-10-4-2-5-11-26)27-12-6-3-7-13-27/h2-19,33H,20-23H2,1H3. The van der Waals surface area contributed by atoms with Gasteiger partial charge in [-0.1, -0.05) is 103 Å². The highest BCUT2D eigenvalue weighted by Crippen LogP contribution is 2.33. The van der Waals surface area contributed by atoms with E-state index in [1.54, 1.807) is 0 Å². The average molecular weight is 532 g/mol. The fraction of sp³-hybridized carbons (Fsp3) is 0.176. The van der Waals surface area contributed by atoms with Gasteiger partial charge < -0.3 is 4.90 Å². The van der Waals surface area contributed by atoms with E-state index in [0.717, 1.165) is 46.4 Å². The van der Waals surface area contributed by atoms with Crippen LogP contribution in [0.25, 0.3) is 22.2 Å². The van der Waals surface area contributed by atoms with Crippen LogP contribution in [0.5, 0.6) is 0 Å². The van der Waals surface area contributed by atoms with Crippen LogP contribution in [0.2, 0.25) is 5.02 Å². The molecule has 5 aromatic rings. The molecule has 1 amide bonds. The van der Waals surface area contributed by atoms with Crippen LogP contribution in [-0.2, 0) is 0 Å². The molecule has 0 N–H and O–H groups in total. The van der Waals surface area contributed by atoms with Crippen molar-refractivity contribution in [1.29, 1.82) is 0 Å². The summed E-state index contributed by atoms with van der Waals surface area (Å²) in [5.74, 6) is 0.0666. The van der Waals surface area contributed by atoms with E-state index in [4.69, 9.17) is 16.6 Å². The SMILES string of the molecule is Cc1c(-c2ccc(Cl)cc2)nc2ccccc2c1C(=O)N1CCN(C(c2ccccc2)c2ccccc2)CC1. The molecule has 39 heavy (non-hydrogen) atoms. The van der Waals surface area contributed by atoms with Crippen molar-refractivity contribution in [3.63, 3.8) is 0 Å². The molecular weight excluding hydrogens is 502 g/mol. The number of amides is 1. The van der Waals surface area contributed by atoms with E-state index in [-0.39, 0.29) is 11.9 Å². The first kappa shape index (κ1) is 25.3. The number of halogens is 1. The fourth-order valence-electron chi connectivity index (χ4n) is 5.70. The number of nitrogens with zero attached hydrogens (tertiary/aromatic N) is 3. The van der Waals surface area contributed by atoms with Crippen LogP contribution in [0.15, 0.2) is 109 Å². The Labute approximate surface area is 234 Å².